The number of carboxylic acid groups (broad SMARTS) is 1. The highest BCUT2D eigenvalue weighted by molar-refractivity contribution is 7.89. The molecule has 20 heavy (non-hydrogen) atoms. The molecule has 0 unspecified atom stereocenters. The number of aryl methyl sites for hydroxylation is 1. The van der Waals surface area contributed by atoms with Crippen LogP contribution in [0.5, 0.6) is 0 Å². The highest BCUT2D eigenvalue weighted by Gasteiger charge is 2.02. The second-order valence-corrected chi connectivity index (χ2v) is 5.61. The molecule has 0 saturated heterocycles. The Labute approximate surface area is 116 Å². The van der Waals surface area contributed by atoms with E-state index < -0.39 is 16.0 Å². The average Bonchev–Trinajstić information content (AvgIpc) is 2.92. The highest BCUT2D eigenvalue weighted by Crippen LogP contribution is 1.99. The summed E-state index contributed by atoms with van der Waals surface area (Å²) in [5.41, 5.74) is 1.11. The maximum absolute atomic E-state index is 10.6. The number of primary sulfonamides is 1. The molecule has 108 valence electrons. The van der Waals surface area contributed by atoms with E-state index in [9.17, 15) is 13.2 Å². The zero-order valence-electron chi connectivity index (χ0n) is 10.6. The monoisotopic (exact) mass is 297 g/mol. The molecule has 0 aliphatic rings. The summed E-state index contributed by atoms with van der Waals surface area (Å²) < 4.78 is 21.2. The topological polar surface area (TPSA) is 126 Å². The van der Waals surface area contributed by atoms with Crippen LogP contribution in [0.3, 0.4) is 0 Å². The molecule has 4 N–H and O–H groups in total. The minimum Gasteiger partial charge on any atom is -0.477 e. The summed E-state index contributed by atoms with van der Waals surface area (Å²) >= 11 is 0. The third kappa shape index (κ3) is 6.66. The van der Waals surface area contributed by atoms with E-state index in [1.807, 2.05) is 30.3 Å². The fourth-order valence-electron chi connectivity index (χ4n) is 1.28. The summed E-state index contributed by atoms with van der Waals surface area (Å²) in [6.45, 7) is 0. The molecule has 0 spiro atoms. The van der Waals surface area contributed by atoms with Crippen molar-refractivity contribution in [1.82, 2.24) is 9.97 Å². The van der Waals surface area contributed by atoms with Gasteiger partial charge in [0.25, 0.3) is 0 Å². The van der Waals surface area contributed by atoms with Gasteiger partial charge in [0.05, 0.1) is 18.3 Å². The molecule has 0 saturated carbocycles. The van der Waals surface area contributed by atoms with Crippen molar-refractivity contribution in [2.45, 2.75) is 6.42 Å². The molecule has 1 aromatic heterocycles. The molecular weight excluding hydrogens is 282 g/mol. The molecule has 0 amide bonds. The van der Waals surface area contributed by atoms with Crippen LogP contribution in [0.25, 0.3) is 0 Å². The number of nitrogens with one attached hydrogen (secondary N) is 1. The standard InChI is InChI=1S/C8H11NO2S.C4H4N2O2/c9-12(10,11)7-6-8-4-2-1-3-5-8;7-4(8)3-1-5-2-6-3/h1-5H,6-7H2,(H2,9,10,11);1-2H,(H,5,6)(H,7,8). The molecule has 0 radical (unpaired) electrons. The average molecular weight is 297 g/mol. The van der Waals surface area contributed by atoms with Crippen LogP contribution in [-0.2, 0) is 16.4 Å². The minimum atomic E-state index is -3.32. The van der Waals surface area contributed by atoms with Gasteiger partial charge in [0.1, 0.15) is 5.69 Å². The molecular formula is C12H15N3O4S. The fourth-order valence-corrected chi connectivity index (χ4v) is 1.80. The number of hydrogen-bond donors (Lipinski definition) is 3. The maximum Gasteiger partial charge on any atom is 0.353 e. The highest BCUT2D eigenvalue weighted by atomic mass is 32.2. The first kappa shape index (κ1) is 15.9. The third-order valence-electron chi connectivity index (χ3n) is 2.25. The van der Waals surface area contributed by atoms with Crippen molar-refractivity contribution in [1.29, 1.82) is 0 Å². The SMILES string of the molecule is NS(=O)(=O)CCc1ccccc1.O=C(O)c1cnc[nH]1. The van der Waals surface area contributed by atoms with Gasteiger partial charge in [0.15, 0.2) is 0 Å². The van der Waals surface area contributed by atoms with Gasteiger partial charge in [-0.2, -0.15) is 0 Å². The lowest BCUT2D eigenvalue weighted by atomic mass is 10.2. The number of aromatic carboxylic acids is 1. The number of carboxylic acids is 1. The lowest BCUT2D eigenvalue weighted by Gasteiger charge is -1.98. The molecule has 0 aliphatic heterocycles. The van der Waals surface area contributed by atoms with Gasteiger partial charge in [-0.05, 0) is 12.0 Å². The van der Waals surface area contributed by atoms with Crippen molar-refractivity contribution in [2.75, 3.05) is 5.75 Å². The Morgan fingerprint density at radius 3 is 2.35 bits per heavy atom. The van der Waals surface area contributed by atoms with Crippen LogP contribution in [0.2, 0.25) is 0 Å². The number of rotatable bonds is 4. The smallest absolute Gasteiger partial charge is 0.353 e. The van der Waals surface area contributed by atoms with Gasteiger partial charge in [-0.25, -0.2) is 23.3 Å². The Balaban J connectivity index is 0.000000217. The molecule has 8 heteroatoms. The zero-order chi connectivity index (χ0) is 15.0. The van der Waals surface area contributed by atoms with E-state index in [2.05, 4.69) is 9.97 Å². The molecule has 0 bridgehead atoms. The number of benzene rings is 1. The summed E-state index contributed by atoms with van der Waals surface area (Å²) in [5.74, 6) is -0.973. The molecule has 1 aromatic carbocycles. The summed E-state index contributed by atoms with van der Waals surface area (Å²) in [7, 11) is -3.32. The van der Waals surface area contributed by atoms with Crippen LogP contribution in [0.1, 0.15) is 16.1 Å². The number of hydrogen-bond acceptors (Lipinski definition) is 4. The number of aromatic amines is 1. The van der Waals surface area contributed by atoms with E-state index in [1.54, 1.807) is 0 Å². The van der Waals surface area contributed by atoms with Gasteiger partial charge >= 0.3 is 5.97 Å². The van der Waals surface area contributed by atoms with E-state index in [0.29, 0.717) is 6.42 Å². The number of sulfonamides is 1. The predicted molar refractivity (Wildman–Crippen MR) is 73.7 cm³/mol. The van der Waals surface area contributed by atoms with Gasteiger partial charge in [-0.1, -0.05) is 30.3 Å². The summed E-state index contributed by atoms with van der Waals surface area (Å²) in [5, 5.41) is 13.1. The molecule has 0 aliphatic carbocycles. The lowest BCUT2D eigenvalue weighted by molar-refractivity contribution is 0.0691. The van der Waals surface area contributed by atoms with Crippen molar-refractivity contribution < 1.29 is 18.3 Å². The van der Waals surface area contributed by atoms with Crippen molar-refractivity contribution in [3.8, 4) is 0 Å². The van der Waals surface area contributed by atoms with Crippen LogP contribution >= 0.6 is 0 Å². The first-order valence-corrected chi connectivity index (χ1v) is 7.36. The second kappa shape index (κ2) is 7.41. The quantitative estimate of drug-likeness (QED) is 0.762. The van der Waals surface area contributed by atoms with E-state index in [0.717, 1.165) is 5.56 Å². The largest absolute Gasteiger partial charge is 0.477 e. The number of aromatic nitrogens is 2. The van der Waals surface area contributed by atoms with Crippen LogP contribution in [0.4, 0.5) is 0 Å². The van der Waals surface area contributed by atoms with Gasteiger partial charge in [-0.15, -0.1) is 0 Å². The first-order chi connectivity index (χ1) is 9.38. The Morgan fingerprint density at radius 2 is 1.95 bits per heavy atom. The predicted octanol–water partition coefficient (Wildman–Crippen LogP) is 0.625. The molecule has 0 fully saturated rings. The van der Waals surface area contributed by atoms with Gasteiger partial charge in [-0.3, -0.25) is 0 Å². The number of H-pyrrole nitrogens is 1. The van der Waals surface area contributed by atoms with E-state index in [-0.39, 0.29) is 11.4 Å². The number of nitrogens with two attached hydrogens (primary N) is 1. The first-order valence-electron chi connectivity index (χ1n) is 5.64. The van der Waals surface area contributed by atoms with Gasteiger partial charge in [0, 0.05) is 0 Å². The molecule has 1 heterocycles. The van der Waals surface area contributed by atoms with Crippen LogP contribution in [-0.4, -0.2) is 35.2 Å². The van der Waals surface area contributed by atoms with Crippen LogP contribution < -0.4 is 5.14 Å². The zero-order valence-corrected chi connectivity index (χ0v) is 11.4. The number of nitrogens with zero attached hydrogens (tertiary/aromatic N) is 1. The van der Waals surface area contributed by atoms with Gasteiger partial charge in [0.2, 0.25) is 10.0 Å². The molecule has 0 atom stereocenters. The Hall–Kier alpha value is -2.19. The van der Waals surface area contributed by atoms with E-state index in [1.165, 1.54) is 12.5 Å². The molecule has 7 nitrogen and oxygen atoms in total. The fraction of sp³-hybridized carbons (Fsp3) is 0.167. The summed E-state index contributed by atoms with van der Waals surface area (Å²) in [4.78, 5) is 15.9. The van der Waals surface area contributed by atoms with Crippen molar-refractivity contribution in [2.24, 2.45) is 5.14 Å². The summed E-state index contributed by atoms with van der Waals surface area (Å²) in [6, 6.07) is 9.40. The molecule has 2 rings (SSSR count). The van der Waals surface area contributed by atoms with Crippen molar-refractivity contribution in [3.05, 3.63) is 54.1 Å². The third-order valence-corrected chi connectivity index (χ3v) is 3.02. The minimum absolute atomic E-state index is 0.0109. The van der Waals surface area contributed by atoms with Gasteiger partial charge < -0.3 is 10.1 Å². The molecule has 2 aromatic rings. The summed E-state index contributed by atoms with van der Waals surface area (Å²) in [6.07, 6.45) is 3.06. The van der Waals surface area contributed by atoms with Crippen molar-refractivity contribution >= 4 is 16.0 Å². The van der Waals surface area contributed by atoms with E-state index >= 15 is 0 Å². The Kier molecular flexibility index (Phi) is 5.88. The Bertz CT molecular complexity index is 624. The van der Waals surface area contributed by atoms with Crippen LogP contribution in [0.15, 0.2) is 42.9 Å². The maximum atomic E-state index is 10.6. The van der Waals surface area contributed by atoms with Crippen LogP contribution in [0, 0.1) is 0 Å². The lowest BCUT2D eigenvalue weighted by Crippen LogP contribution is -2.17. The number of imidazole rings is 1. The van der Waals surface area contributed by atoms with E-state index in [4.69, 9.17) is 10.2 Å². The van der Waals surface area contributed by atoms with Crippen molar-refractivity contribution in [3.63, 3.8) is 0 Å². The Morgan fingerprint density at radius 1 is 1.30 bits per heavy atom. The number of carbonyl (C=O) groups is 1. The normalized spacial score (nSPS) is 10.4. The second-order valence-electron chi connectivity index (χ2n) is 3.87.